The number of fused-ring (bicyclic) bond motifs is 2. The number of halogens is 1. The first-order chi connectivity index (χ1) is 34.0. The lowest BCUT2D eigenvalue weighted by atomic mass is 9.99. The van der Waals surface area contributed by atoms with E-state index in [2.05, 4.69) is 45.7 Å². The van der Waals surface area contributed by atoms with Crippen molar-refractivity contribution in [1.82, 2.24) is 87.5 Å². The van der Waals surface area contributed by atoms with Gasteiger partial charge >= 0.3 is 17.1 Å². The molecule has 8 aromatic rings. The summed E-state index contributed by atoms with van der Waals surface area (Å²) in [5.74, 6) is 2.17. The number of ether oxygens (including phenoxy) is 2. The van der Waals surface area contributed by atoms with Gasteiger partial charge in [-0.15, -0.1) is 0 Å². The monoisotopic (exact) mass is 981 g/mol. The van der Waals surface area contributed by atoms with Crippen molar-refractivity contribution in [1.29, 1.82) is 0 Å². The van der Waals surface area contributed by atoms with Gasteiger partial charge in [-0.2, -0.15) is 35.7 Å². The average Bonchev–Trinajstić information content (AvgIpc) is 4.00. The number of aromatic nitrogens is 17. The zero-order chi connectivity index (χ0) is 50.5. The highest BCUT2D eigenvalue weighted by atomic mass is 19.1. The number of aliphatic hydroxyl groups is 1. The molecule has 3 aliphatic heterocycles. The summed E-state index contributed by atoms with van der Waals surface area (Å²) in [6.45, 7) is 7.70. The van der Waals surface area contributed by atoms with Crippen LogP contribution in [0.4, 0.5) is 10.2 Å². The first kappa shape index (κ1) is 49.9. The molecule has 4 atom stereocenters. The Bertz CT molecular complexity index is 3170. The fraction of sp³-hybridized carbons (Fsp3) is 0.467. The molecule has 0 aliphatic carbocycles. The fourth-order valence-corrected chi connectivity index (χ4v) is 8.87. The number of epoxide rings is 1. The first-order valence-corrected chi connectivity index (χ1v) is 23.1. The predicted octanol–water partition coefficient (Wildman–Crippen LogP) is 0.868. The van der Waals surface area contributed by atoms with E-state index in [-0.39, 0.29) is 41.6 Å². The van der Waals surface area contributed by atoms with E-state index in [0.29, 0.717) is 67.4 Å². The lowest BCUT2D eigenvalue weighted by Crippen LogP contribution is -2.49. The van der Waals surface area contributed by atoms with Gasteiger partial charge in [0, 0.05) is 71.6 Å². The van der Waals surface area contributed by atoms with Crippen LogP contribution in [0.2, 0.25) is 0 Å². The zero-order valence-corrected chi connectivity index (χ0v) is 40.7. The summed E-state index contributed by atoms with van der Waals surface area (Å²) >= 11 is 0. The number of rotatable bonds is 12. The maximum Gasteiger partial charge on any atom is 0.350 e. The molecule has 0 saturated carbocycles. The summed E-state index contributed by atoms with van der Waals surface area (Å²) in [7, 11) is 7.23. The van der Waals surface area contributed by atoms with Gasteiger partial charge in [-0.25, -0.2) is 46.9 Å². The van der Waals surface area contributed by atoms with Gasteiger partial charge in [0.2, 0.25) is 0 Å². The summed E-state index contributed by atoms with van der Waals surface area (Å²) < 4.78 is 38.2. The molecule has 0 amide bonds. The minimum absolute atomic E-state index is 0.143. The normalized spacial score (nSPS) is 18.5. The molecule has 0 radical (unpaired) electrons. The number of nitrogens with two attached hydrogens (primary N) is 1. The van der Waals surface area contributed by atoms with Crippen LogP contribution in [-0.4, -0.2) is 136 Å². The van der Waals surface area contributed by atoms with Crippen molar-refractivity contribution in [2.24, 2.45) is 28.2 Å². The van der Waals surface area contributed by atoms with Crippen molar-refractivity contribution in [2.45, 2.75) is 96.5 Å². The van der Waals surface area contributed by atoms with Crippen LogP contribution in [0.1, 0.15) is 48.7 Å². The Morgan fingerprint density at radius 1 is 0.746 bits per heavy atom. The van der Waals surface area contributed by atoms with Crippen LogP contribution >= 0.6 is 0 Å². The average molecular weight is 982 g/mol. The molecule has 2 unspecified atom stereocenters. The van der Waals surface area contributed by atoms with E-state index in [0.717, 1.165) is 42.6 Å². The Morgan fingerprint density at radius 2 is 1.28 bits per heavy atom. The Labute approximate surface area is 406 Å². The molecule has 11 rings (SSSR count). The van der Waals surface area contributed by atoms with E-state index >= 15 is 0 Å². The number of nitrogens with zero attached hydrogens (tertiary/aromatic N) is 17. The summed E-state index contributed by atoms with van der Waals surface area (Å²) in [6, 6.07) is 8.90. The van der Waals surface area contributed by atoms with Crippen molar-refractivity contribution in [3.8, 4) is 17.1 Å². The van der Waals surface area contributed by atoms with Crippen molar-refractivity contribution in [3.05, 3.63) is 134 Å². The number of hydrogen-bond donors (Lipinski definition) is 3. The van der Waals surface area contributed by atoms with Crippen molar-refractivity contribution >= 4 is 5.82 Å². The number of hydrogen-bond acceptors (Lipinski definition) is 15. The standard InChI is InChI=1S/C24H31FN6O3.C10H13N5O2.C7H9N5O.C4H7N3/c1-16-27-30(24(33)31(16)21-11-26-28(2)12-21)14-22(32)13-29-19-7-8-20(29)10-23(9-19)34-15-17-3-5-18(25)6-4-17;1-7-12-14(5-9-6-17-9)10(16)15(7)8-3-11-13(2)4-8;1-5-9-10-7(13)12(5)6-3-8-11(2)4-6;1-7-3-2-4(5)6-7/h3-6,11-12,19-20,22-23,32H,7-10,13-15H2,1-2H3;3-4,9H,5-6H2,1-2H3;3-4H,1-2H3,(H,10,13);2-3H,1H3,(H2,5,6)/t19?,20?,22-,23?;9-;;/m10../s1. The van der Waals surface area contributed by atoms with Gasteiger partial charge in [0.25, 0.3) is 0 Å². The fourth-order valence-electron chi connectivity index (χ4n) is 8.87. The molecule has 1 aromatic carbocycles. The van der Waals surface area contributed by atoms with Gasteiger partial charge in [-0.05, 0) is 70.2 Å². The highest BCUT2D eigenvalue weighted by Gasteiger charge is 2.41. The zero-order valence-electron chi connectivity index (χ0n) is 40.7. The highest BCUT2D eigenvalue weighted by Crippen LogP contribution is 2.37. The van der Waals surface area contributed by atoms with Crippen LogP contribution in [0.3, 0.4) is 0 Å². The topological polar surface area (TPSA) is 273 Å². The van der Waals surface area contributed by atoms with Gasteiger partial charge < -0.3 is 20.3 Å². The molecule has 10 heterocycles. The number of benzene rings is 1. The Balaban J connectivity index is 0.000000150. The van der Waals surface area contributed by atoms with Crippen molar-refractivity contribution < 1.29 is 19.0 Å². The van der Waals surface area contributed by atoms with Crippen LogP contribution in [0, 0.1) is 26.6 Å². The third kappa shape index (κ3) is 12.3. The molecule has 3 aliphatic rings. The van der Waals surface area contributed by atoms with Crippen molar-refractivity contribution in [3.63, 3.8) is 0 Å². The highest BCUT2D eigenvalue weighted by molar-refractivity contribution is 5.28. The summed E-state index contributed by atoms with van der Waals surface area (Å²) in [4.78, 5) is 38.6. The molecule has 3 saturated heterocycles. The molecule has 2 bridgehead atoms. The number of aromatic amines is 1. The largest absolute Gasteiger partial charge is 0.390 e. The number of aliphatic hydroxyl groups excluding tert-OH is 1. The molecular formula is C45H60FN19O6. The smallest absolute Gasteiger partial charge is 0.350 e. The molecule has 3 fully saturated rings. The maximum absolute atomic E-state index is 13.1. The number of H-pyrrole nitrogens is 1. The Morgan fingerprint density at radius 3 is 1.73 bits per heavy atom. The van der Waals surface area contributed by atoms with Crippen LogP contribution in [0.25, 0.3) is 17.1 Å². The van der Waals surface area contributed by atoms with Gasteiger partial charge in [0.1, 0.15) is 35.2 Å². The van der Waals surface area contributed by atoms with Crippen LogP contribution in [-0.2, 0) is 57.4 Å². The third-order valence-corrected chi connectivity index (χ3v) is 12.2. The van der Waals surface area contributed by atoms with Crippen LogP contribution in [0.5, 0.6) is 0 Å². The third-order valence-electron chi connectivity index (χ3n) is 12.2. The summed E-state index contributed by atoms with van der Waals surface area (Å²) in [5.41, 5.74) is 7.66. The number of aryl methyl sites for hydroxylation is 7. The second-order valence-electron chi connectivity index (χ2n) is 17.9. The second-order valence-corrected chi connectivity index (χ2v) is 17.9. The Hall–Kier alpha value is -7.55. The lowest BCUT2D eigenvalue weighted by molar-refractivity contribution is -0.0402. The first-order valence-electron chi connectivity index (χ1n) is 23.1. The maximum atomic E-state index is 13.1. The van der Waals surface area contributed by atoms with Gasteiger partial charge in [-0.3, -0.25) is 23.6 Å². The molecule has 0 spiro atoms. The van der Waals surface area contributed by atoms with E-state index in [9.17, 15) is 23.9 Å². The number of piperidine rings is 1. The predicted molar refractivity (Wildman–Crippen MR) is 255 cm³/mol. The minimum atomic E-state index is -0.700. The molecule has 71 heavy (non-hydrogen) atoms. The van der Waals surface area contributed by atoms with E-state index in [4.69, 9.17) is 15.2 Å². The minimum Gasteiger partial charge on any atom is -0.390 e. The number of nitrogen functional groups attached to an aromatic ring is 1. The number of anilines is 1. The SMILES string of the molecule is Cc1n[nH]c(=O)n1-c1cnn(C)c1.Cc1nn(C[C@H](O)CN2C3CCC2CC(OCc2ccc(F)cc2)C3)c(=O)n1-c1cnn(C)c1.Cc1nn(C[C@H]2CO2)c(=O)n1-c1cnn(C)c1.Cn1ccc(N)n1. The second kappa shape index (κ2) is 21.6. The summed E-state index contributed by atoms with van der Waals surface area (Å²) in [6.07, 6.45) is 15.6. The lowest BCUT2D eigenvalue weighted by Gasteiger charge is -2.39. The Kier molecular flexibility index (Phi) is 15.2. The van der Waals surface area contributed by atoms with E-state index in [1.54, 1.807) is 120 Å². The van der Waals surface area contributed by atoms with Gasteiger partial charge in [0.05, 0.1) is 74.2 Å². The van der Waals surface area contributed by atoms with Crippen LogP contribution in [0.15, 0.2) is 88.1 Å². The van der Waals surface area contributed by atoms with Crippen LogP contribution < -0.4 is 22.8 Å². The van der Waals surface area contributed by atoms with E-state index < -0.39 is 6.10 Å². The quantitative estimate of drug-likeness (QED) is 0.143. The molecule has 25 nitrogen and oxygen atoms in total. The van der Waals surface area contributed by atoms with E-state index in [1.807, 2.05) is 14.1 Å². The molecule has 4 N–H and O–H groups in total. The number of nitrogens with one attached hydrogen (secondary N) is 1. The molecule has 26 heteroatoms. The molecule has 378 valence electrons. The van der Waals surface area contributed by atoms with Gasteiger partial charge in [-0.1, -0.05) is 12.1 Å². The van der Waals surface area contributed by atoms with Crippen molar-refractivity contribution in [2.75, 3.05) is 18.9 Å². The molecular weight excluding hydrogens is 922 g/mol. The van der Waals surface area contributed by atoms with Gasteiger partial charge in [0.15, 0.2) is 0 Å². The molecule has 7 aromatic heterocycles. The van der Waals surface area contributed by atoms with E-state index in [1.165, 1.54) is 30.6 Å². The summed E-state index contributed by atoms with van der Waals surface area (Å²) in [5, 5.41) is 41.5.